The van der Waals surface area contributed by atoms with E-state index < -0.39 is 0 Å². The molecule has 1 aromatic heterocycles. The number of pyridine rings is 1. The lowest BCUT2D eigenvalue weighted by atomic mass is 10.1. The third-order valence-electron chi connectivity index (χ3n) is 4.65. The van der Waals surface area contributed by atoms with Gasteiger partial charge in [-0.15, -0.1) is 0 Å². The Morgan fingerprint density at radius 3 is 2.37 bits per heavy atom. The van der Waals surface area contributed by atoms with Gasteiger partial charge >= 0.3 is 0 Å². The van der Waals surface area contributed by atoms with E-state index in [-0.39, 0.29) is 0 Å². The van der Waals surface area contributed by atoms with Crippen LogP contribution in [0.2, 0.25) is 0 Å². The molecular formula is C24H22N2O. The fourth-order valence-corrected chi connectivity index (χ4v) is 3.13. The molecule has 0 spiro atoms. The maximum atomic E-state index is 5.96. The maximum absolute atomic E-state index is 5.96. The number of benzene rings is 3. The number of ether oxygens (including phenoxy) is 1. The van der Waals surface area contributed by atoms with Gasteiger partial charge in [-0.1, -0.05) is 48.5 Å². The van der Waals surface area contributed by atoms with Crippen LogP contribution in [-0.2, 0) is 13.2 Å². The highest BCUT2D eigenvalue weighted by atomic mass is 16.5. The second-order valence-electron chi connectivity index (χ2n) is 6.68. The van der Waals surface area contributed by atoms with Gasteiger partial charge in [0.25, 0.3) is 0 Å². The number of hydrogen-bond donors (Lipinski definition) is 0. The number of fused-ring (bicyclic) bond motifs is 1. The van der Waals surface area contributed by atoms with Crippen LogP contribution < -0.4 is 9.64 Å². The van der Waals surface area contributed by atoms with Crippen LogP contribution in [0.25, 0.3) is 10.8 Å². The van der Waals surface area contributed by atoms with Crippen LogP contribution in [0.4, 0.5) is 5.69 Å². The van der Waals surface area contributed by atoms with Crippen LogP contribution >= 0.6 is 0 Å². The molecule has 0 unspecified atom stereocenters. The first-order chi connectivity index (χ1) is 13.3. The lowest BCUT2D eigenvalue weighted by Gasteiger charge is -2.19. The topological polar surface area (TPSA) is 25.4 Å². The number of aromatic nitrogens is 1. The van der Waals surface area contributed by atoms with E-state index in [2.05, 4.69) is 77.6 Å². The summed E-state index contributed by atoms with van der Waals surface area (Å²) in [5, 5.41) is 2.50. The Morgan fingerprint density at radius 2 is 1.59 bits per heavy atom. The standard InChI is InChI=1S/C24H22N2O/c1-26(23-7-4-14-25-16-23)17-19-9-12-24(13-10-19)27-18-20-8-11-21-5-2-3-6-22(21)15-20/h2-16H,17-18H2,1H3. The Bertz CT molecular complexity index is 1010. The third kappa shape index (κ3) is 4.26. The summed E-state index contributed by atoms with van der Waals surface area (Å²) in [5.74, 6) is 0.885. The van der Waals surface area contributed by atoms with Gasteiger partial charge in [-0.2, -0.15) is 0 Å². The maximum Gasteiger partial charge on any atom is 0.119 e. The molecule has 0 atom stereocenters. The van der Waals surface area contributed by atoms with Crippen molar-refractivity contribution >= 4 is 16.5 Å². The SMILES string of the molecule is CN(Cc1ccc(OCc2ccc3ccccc3c2)cc1)c1cccnc1. The fraction of sp³-hybridized carbons (Fsp3) is 0.125. The van der Waals surface area contributed by atoms with Crippen LogP contribution in [-0.4, -0.2) is 12.0 Å². The van der Waals surface area contributed by atoms with Gasteiger partial charge in [0.2, 0.25) is 0 Å². The molecule has 0 aliphatic rings. The largest absolute Gasteiger partial charge is 0.489 e. The highest BCUT2D eigenvalue weighted by molar-refractivity contribution is 5.82. The highest BCUT2D eigenvalue weighted by Gasteiger charge is 2.03. The molecule has 134 valence electrons. The zero-order valence-corrected chi connectivity index (χ0v) is 15.4. The zero-order chi connectivity index (χ0) is 18.5. The second kappa shape index (κ2) is 7.92. The van der Waals surface area contributed by atoms with Crippen LogP contribution in [0.15, 0.2) is 91.3 Å². The smallest absolute Gasteiger partial charge is 0.119 e. The monoisotopic (exact) mass is 354 g/mol. The van der Waals surface area contributed by atoms with Gasteiger partial charge in [0.05, 0.1) is 11.9 Å². The molecule has 0 saturated carbocycles. The van der Waals surface area contributed by atoms with Crippen LogP contribution in [0.5, 0.6) is 5.75 Å². The molecule has 0 radical (unpaired) electrons. The third-order valence-corrected chi connectivity index (χ3v) is 4.65. The van der Waals surface area contributed by atoms with E-state index in [4.69, 9.17) is 4.74 Å². The van der Waals surface area contributed by atoms with Gasteiger partial charge in [-0.3, -0.25) is 4.98 Å². The molecule has 0 aliphatic heterocycles. The van der Waals surface area contributed by atoms with Gasteiger partial charge in [-0.25, -0.2) is 0 Å². The molecule has 0 N–H and O–H groups in total. The molecule has 27 heavy (non-hydrogen) atoms. The summed E-state index contributed by atoms with van der Waals surface area (Å²) in [6.45, 7) is 1.40. The van der Waals surface area contributed by atoms with Gasteiger partial charge in [0.1, 0.15) is 12.4 Å². The average Bonchev–Trinajstić information content (AvgIpc) is 2.74. The van der Waals surface area contributed by atoms with E-state index >= 15 is 0 Å². The number of rotatable bonds is 6. The average molecular weight is 354 g/mol. The van der Waals surface area contributed by atoms with Crippen molar-refractivity contribution in [3.05, 3.63) is 102 Å². The first-order valence-electron chi connectivity index (χ1n) is 9.08. The van der Waals surface area contributed by atoms with Crippen molar-refractivity contribution in [1.29, 1.82) is 0 Å². The molecule has 0 fully saturated rings. The summed E-state index contributed by atoms with van der Waals surface area (Å²) in [5.41, 5.74) is 3.52. The van der Waals surface area contributed by atoms with Crippen molar-refractivity contribution in [3.63, 3.8) is 0 Å². The molecule has 0 amide bonds. The van der Waals surface area contributed by atoms with Crippen molar-refractivity contribution in [1.82, 2.24) is 4.98 Å². The Balaban J connectivity index is 1.37. The molecule has 3 aromatic carbocycles. The van der Waals surface area contributed by atoms with E-state index in [0.717, 1.165) is 18.0 Å². The van der Waals surface area contributed by atoms with Crippen LogP contribution in [0, 0.1) is 0 Å². The van der Waals surface area contributed by atoms with Crippen molar-refractivity contribution in [2.75, 3.05) is 11.9 Å². The summed E-state index contributed by atoms with van der Waals surface area (Å²) >= 11 is 0. The van der Waals surface area contributed by atoms with Crippen LogP contribution in [0.1, 0.15) is 11.1 Å². The summed E-state index contributed by atoms with van der Waals surface area (Å²) in [4.78, 5) is 6.35. The predicted octanol–water partition coefficient (Wildman–Crippen LogP) is 5.45. The van der Waals surface area contributed by atoms with E-state index in [1.807, 2.05) is 24.4 Å². The molecule has 3 nitrogen and oxygen atoms in total. The minimum Gasteiger partial charge on any atom is -0.489 e. The van der Waals surface area contributed by atoms with Gasteiger partial charge in [-0.05, 0) is 52.2 Å². The van der Waals surface area contributed by atoms with Crippen molar-refractivity contribution in [3.8, 4) is 5.75 Å². The van der Waals surface area contributed by atoms with Crippen molar-refractivity contribution in [2.45, 2.75) is 13.2 Å². The first-order valence-corrected chi connectivity index (χ1v) is 9.08. The fourth-order valence-electron chi connectivity index (χ4n) is 3.13. The van der Waals surface area contributed by atoms with E-state index in [0.29, 0.717) is 6.61 Å². The second-order valence-corrected chi connectivity index (χ2v) is 6.68. The first kappa shape index (κ1) is 17.1. The Hall–Kier alpha value is -3.33. The minimum absolute atomic E-state index is 0.569. The lowest BCUT2D eigenvalue weighted by molar-refractivity contribution is 0.306. The number of nitrogens with zero attached hydrogens (tertiary/aromatic N) is 2. The van der Waals surface area contributed by atoms with E-state index in [1.54, 1.807) is 6.20 Å². The molecule has 4 rings (SSSR count). The summed E-state index contributed by atoms with van der Waals surface area (Å²) in [6.07, 6.45) is 3.67. The van der Waals surface area contributed by atoms with Gasteiger partial charge in [0, 0.05) is 19.8 Å². The molecule has 0 saturated heterocycles. The minimum atomic E-state index is 0.569. The Morgan fingerprint density at radius 1 is 0.815 bits per heavy atom. The Kier molecular flexibility index (Phi) is 5.01. The zero-order valence-electron chi connectivity index (χ0n) is 15.4. The molecule has 4 aromatic rings. The van der Waals surface area contributed by atoms with E-state index in [1.165, 1.54) is 21.9 Å². The molecule has 3 heteroatoms. The Labute approximate surface area is 159 Å². The lowest BCUT2D eigenvalue weighted by Crippen LogP contribution is -2.16. The molecule has 0 bridgehead atoms. The number of hydrogen-bond acceptors (Lipinski definition) is 3. The summed E-state index contributed by atoms with van der Waals surface area (Å²) in [7, 11) is 2.07. The normalized spacial score (nSPS) is 10.7. The van der Waals surface area contributed by atoms with Crippen LogP contribution in [0.3, 0.4) is 0 Å². The van der Waals surface area contributed by atoms with E-state index in [9.17, 15) is 0 Å². The highest BCUT2D eigenvalue weighted by Crippen LogP contribution is 2.20. The van der Waals surface area contributed by atoms with Crippen molar-refractivity contribution in [2.24, 2.45) is 0 Å². The van der Waals surface area contributed by atoms with Crippen molar-refractivity contribution < 1.29 is 4.74 Å². The van der Waals surface area contributed by atoms with Gasteiger partial charge < -0.3 is 9.64 Å². The van der Waals surface area contributed by atoms with Gasteiger partial charge in [0.15, 0.2) is 0 Å². The molecular weight excluding hydrogens is 332 g/mol. The quantitative estimate of drug-likeness (QED) is 0.460. The number of anilines is 1. The molecule has 0 aliphatic carbocycles. The summed E-state index contributed by atoms with van der Waals surface area (Å²) < 4.78 is 5.96. The predicted molar refractivity (Wildman–Crippen MR) is 111 cm³/mol. The summed E-state index contributed by atoms with van der Waals surface area (Å²) in [6, 6.07) is 27.2. The molecule has 1 heterocycles.